The Morgan fingerprint density at radius 2 is 1.86 bits per heavy atom. The van der Waals surface area contributed by atoms with E-state index in [0.29, 0.717) is 0 Å². The molecule has 1 heterocycles. The molecule has 21 heavy (non-hydrogen) atoms. The van der Waals surface area contributed by atoms with Gasteiger partial charge in [-0.15, -0.1) is 10.2 Å². The molecule has 0 fully saturated rings. The molecule has 6 nitrogen and oxygen atoms in total. The molecule has 2 N–H and O–H groups in total. The number of rotatable bonds is 3. The van der Waals surface area contributed by atoms with Gasteiger partial charge in [-0.05, 0) is 25.1 Å². The highest BCUT2D eigenvalue weighted by atomic mass is 35.5. The number of halogens is 2. The van der Waals surface area contributed by atoms with Gasteiger partial charge in [0.2, 0.25) is 0 Å². The van der Waals surface area contributed by atoms with Gasteiger partial charge in [-0.25, -0.2) is 4.79 Å². The fourth-order valence-electron chi connectivity index (χ4n) is 1.65. The molecule has 108 valence electrons. The number of aromatic carboxylic acids is 1. The van der Waals surface area contributed by atoms with Crippen LogP contribution in [-0.2, 0) is 0 Å². The molecule has 0 bridgehead atoms. The number of benzene rings is 1. The van der Waals surface area contributed by atoms with Crippen LogP contribution in [0.25, 0.3) is 0 Å². The number of aromatic nitrogens is 2. The maximum absolute atomic E-state index is 12.1. The number of carbonyl (C=O) groups excluding carboxylic acids is 1. The van der Waals surface area contributed by atoms with Gasteiger partial charge in [0, 0.05) is 0 Å². The largest absolute Gasteiger partial charge is 0.478 e. The zero-order valence-corrected chi connectivity index (χ0v) is 12.2. The summed E-state index contributed by atoms with van der Waals surface area (Å²) in [6.07, 6.45) is 0. The van der Waals surface area contributed by atoms with Crippen LogP contribution in [0.15, 0.2) is 24.3 Å². The molecule has 2 rings (SSSR count). The summed E-state index contributed by atoms with van der Waals surface area (Å²) in [6.45, 7) is 1.75. The Kier molecular flexibility index (Phi) is 4.40. The second kappa shape index (κ2) is 6.07. The van der Waals surface area contributed by atoms with Gasteiger partial charge in [0.25, 0.3) is 5.91 Å². The van der Waals surface area contributed by atoms with E-state index in [1.54, 1.807) is 13.0 Å². The molecule has 0 aliphatic carbocycles. The van der Waals surface area contributed by atoms with Gasteiger partial charge in [0.05, 0.1) is 16.8 Å². The summed E-state index contributed by atoms with van der Waals surface area (Å²) in [6, 6.07) is 5.89. The van der Waals surface area contributed by atoms with Crippen LogP contribution in [0.5, 0.6) is 0 Å². The van der Waals surface area contributed by atoms with Crippen LogP contribution in [-0.4, -0.2) is 27.2 Å². The maximum Gasteiger partial charge on any atom is 0.337 e. The first-order valence-electron chi connectivity index (χ1n) is 5.72. The molecule has 0 spiro atoms. The van der Waals surface area contributed by atoms with Crippen LogP contribution < -0.4 is 5.32 Å². The fourth-order valence-corrected chi connectivity index (χ4v) is 1.97. The molecule has 0 aliphatic heterocycles. The lowest BCUT2D eigenvalue weighted by Gasteiger charge is -2.09. The Morgan fingerprint density at radius 3 is 2.52 bits per heavy atom. The number of carbonyl (C=O) groups is 2. The topological polar surface area (TPSA) is 92.2 Å². The van der Waals surface area contributed by atoms with Crippen LogP contribution >= 0.6 is 23.2 Å². The van der Waals surface area contributed by atoms with E-state index in [1.807, 2.05) is 0 Å². The minimum absolute atomic E-state index is 0.00640. The van der Waals surface area contributed by atoms with Crippen molar-refractivity contribution < 1.29 is 14.7 Å². The number of hydrogen-bond donors (Lipinski definition) is 2. The first kappa shape index (κ1) is 15.2. The summed E-state index contributed by atoms with van der Waals surface area (Å²) in [5.41, 5.74) is 0.903. The molecule has 0 aliphatic rings. The van der Waals surface area contributed by atoms with Crippen LogP contribution in [0.1, 0.15) is 26.3 Å². The number of nitrogens with zero attached hydrogens (tertiary/aromatic N) is 2. The maximum atomic E-state index is 12.1. The Labute approximate surface area is 129 Å². The van der Waals surface area contributed by atoms with Gasteiger partial charge in [0.1, 0.15) is 0 Å². The molecule has 1 aromatic carbocycles. The molecular formula is C13H9Cl2N3O3. The summed E-state index contributed by atoms with van der Waals surface area (Å²) in [5, 5.41) is 18.5. The summed E-state index contributed by atoms with van der Waals surface area (Å²) in [4.78, 5) is 23.3. The lowest BCUT2D eigenvalue weighted by Crippen LogP contribution is -2.16. The molecule has 0 unspecified atom stereocenters. The predicted molar refractivity (Wildman–Crippen MR) is 78.1 cm³/mol. The molecule has 0 saturated carbocycles. The normalized spacial score (nSPS) is 10.2. The highest BCUT2D eigenvalue weighted by Gasteiger charge is 2.17. The van der Waals surface area contributed by atoms with Crippen molar-refractivity contribution >= 4 is 40.8 Å². The van der Waals surface area contributed by atoms with E-state index in [2.05, 4.69) is 15.5 Å². The molecule has 1 aromatic heterocycles. The van der Waals surface area contributed by atoms with Crippen LogP contribution in [0, 0.1) is 6.92 Å². The van der Waals surface area contributed by atoms with Crippen LogP contribution in [0.4, 0.5) is 5.69 Å². The van der Waals surface area contributed by atoms with E-state index in [1.165, 1.54) is 18.2 Å². The smallest absolute Gasteiger partial charge is 0.337 e. The Bertz CT molecular complexity index is 735. The highest BCUT2D eigenvalue weighted by molar-refractivity contribution is 6.34. The second-order valence-electron chi connectivity index (χ2n) is 4.18. The second-order valence-corrected chi connectivity index (χ2v) is 4.93. The number of hydrogen-bond acceptors (Lipinski definition) is 4. The van der Waals surface area contributed by atoms with Gasteiger partial charge >= 0.3 is 5.97 Å². The number of carboxylic acid groups (broad SMARTS) is 1. The number of carboxylic acids is 1. The minimum Gasteiger partial charge on any atom is -0.478 e. The average molecular weight is 326 g/mol. The van der Waals surface area contributed by atoms with Gasteiger partial charge in [-0.2, -0.15) is 0 Å². The molecule has 2 aromatic rings. The van der Waals surface area contributed by atoms with Crippen LogP contribution in [0.2, 0.25) is 10.3 Å². The van der Waals surface area contributed by atoms with Crippen molar-refractivity contribution in [3.8, 4) is 0 Å². The van der Waals surface area contributed by atoms with Gasteiger partial charge in [-0.1, -0.05) is 34.8 Å². The summed E-state index contributed by atoms with van der Waals surface area (Å²) < 4.78 is 0. The molecule has 0 radical (unpaired) electrons. The number of nitrogens with one attached hydrogen (secondary N) is 1. The molecule has 0 atom stereocenters. The fraction of sp³-hybridized carbons (Fsp3) is 0.0769. The van der Waals surface area contributed by atoms with Crippen molar-refractivity contribution in [1.82, 2.24) is 10.2 Å². The summed E-state index contributed by atoms with van der Waals surface area (Å²) >= 11 is 11.4. The van der Waals surface area contributed by atoms with E-state index in [-0.39, 0.29) is 27.1 Å². The lowest BCUT2D eigenvalue weighted by molar-refractivity contribution is 0.0698. The quantitative estimate of drug-likeness (QED) is 0.904. The molecular weight excluding hydrogens is 317 g/mol. The SMILES string of the molecule is Cc1ccc(NC(=O)c2cc(Cl)nnc2Cl)c(C(=O)O)c1. The Hall–Kier alpha value is -2.18. The average Bonchev–Trinajstić information content (AvgIpc) is 2.43. The van der Waals surface area contributed by atoms with Crippen molar-refractivity contribution in [2.75, 3.05) is 5.32 Å². The van der Waals surface area contributed by atoms with E-state index in [4.69, 9.17) is 28.3 Å². The van der Waals surface area contributed by atoms with Gasteiger partial charge in [-0.3, -0.25) is 4.79 Å². The highest BCUT2D eigenvalue weighted by Crippen LogP contribution is 2.21. The zero-order valence-electron chi connectivity index (χ0n) is 10.7. The lowest BCUT2D eigenvalue weighted by atomic mass is 10.1. The van der Waals surface area contributed by atoms with Crippen molar-refractivity contribution in [2.45, 2.75) is 6.92 Å². The minimum atomic E-state index is -1.15. The number of aryl methyl sites for hydroxylation is 1. The van der Waals surface area contributed by atoms with E-state index in [0.717, 1.165) is 5.56 Å². The third kappa shape index (κ3) is 3.48. The molecule has 0 saturated heterocycles. The first-order valence-corrected chi connectivity index (χ1v) is 6.48. The van der Waals surface area contributed by atoms with Crippen molar-refractivity contribution in [1.29, 1.82) is 0 Å². The van der Waals surface area contributed by atoms with Gasteiger partial charge < -0.3 is 10.4 Å². The predicted octanol–water partition coefficient (Wildman–Crippen LogP) is 3.04. The Morgan fingerprint density at radius 1 is 1.14 bits per heavy atom. The van der Waals surface area contributed by atoms with Crippen molar-refractivity contribution in [3.05, 3.63) is 51.3 Å². The van der Waals surface area contributed by atoms with Gasteiger partial charge in [0.15, 0.2) is 10.3 Å². The zero-order chi connectivity index (χ0) is 15.6. The van der Waals surface area contributed by atoms with Crippen LogP contribution in [0.3, 0.4) is 0 Å². The third-order valence-electron chi connectivity index (χ3n) is 2.62. The standard InChI is InChI=1S/C13H9Cl2N3O3/c1-6-2-3-9(7(4-6)13(20)21)16-12(19)8-5-10(14)17-18-11(8)15/h2-5H,1H3,(H,16,19)(H,20,21). The van der Waals surface area contributed by atoms with E-state index in [9.17, 15) is 9.59 Å². The van der Waals surface area contributed by atoms with E-state index >= 15 is 0 Å². The number of amides is 1. The monoisotopic (exact) mass is 325 g/mol. The summed E-state index contributed by atoms with van der Waals surface area (Å²) in [5.74, 6) is -1.77. The summed E-state index contributed by atoms with van der Waals surface area (Å²) in [7, 11) is 0. The molecule has 8 heteroatoms. The molecule has 1 amide bonds. The van der Waals surface area contributed by atoms with Crippen molar-refractivity contribution in [2.24, 2.45) is 0 Å². The first-order chi connectivity index (χ1) is 9.88. The van der Waals surface area contributed by atoms with Crippen molar-refractivity contribution in [3.63, 3.8) is 0 Å². The third-order valence-corrected chi connectivity index (χ3v) is 3.08. The Balaban J connectivity index is 2.36. The number of anilines is 1. The van der Waals surface area contributed by atoms with E-state index < -0.39 is 11.9 Å².